The summed E-state index contributed by atoms with van der Waals surface area (Å²) >= 11 is 6.12. The van der Waals surface area contributed by atoms with Crippen LogP contribution in [0.25, 0.3) is 10.8 Å². The minimum atomic E-state index is -0.518. The van der Waals surface area contributed by atoms with Crippen LogP contribution in [-0.2, 0) is 10.2 Å². The topological polar surface area (TPSA) is 38.3 Å². The molecule has 1 aliphatic carbocycles. The zero-order chi connectivity index (χ0) is 21.8. The van der Waals surface area contributed by atoms with Crippen molar-refractivity contribution in [3.63, 3.8) is 0 Å². The first-order valence-electron chi connectivity index (χ1n) is 11.3. The third kappa shape index (κ3) is 4.43. The summed E-state index contributed by atoms with van der Waals surface area (Å²) in [4.78, 5) is 13.8. The summed E-state index contributed by atoms with van der Waals surface area (Å²) in [5.74, 6) is 0.920. The lowest BCUT2D eigenvalue weighted by Crippen LogP contribution is -2.42. The summed E-state index contributed by atoms with van der Waals surface area (Å²) in [6.07, 6.45) is 6.07. The molecule has 1 saturated carbocycles. The van der Waals surface area contributed by atoms with E-state index in [2.05, 4.69) is 25.2 Å². The summed E-state index contributed by atoms with van der Waals surface area (Å²) in [7, 11) is 0. The molecule has 0 unspecified atom stereocenters. The number of anilines is 1. The van der Waals surface area contributed by atoms with Crippen LogP contribution in [0.1, 0.15) is 57.9 Å². The molecular weight excluding hydrogens is 406 g/mol. The molecule has 1 fully saturated rings. The lowest BCUT2D eigenvalue weighted by atomic mass is 9.68. The number of halogens is 1. The smallest absolute Gasteiger partial charge is 0.235 e. The molecule has 1 atom stereocenters. The Morgan fingerprint density at radius 3 is 2.35 bits per heavy atom. The summed E-state index contributed by atoms with van der Waals surface area (Å²) < 4.78 is 6.13. The fourth-order valence-corrected chi connectivity index (χ4v) is 4.72. The number of rotatable bonds is 6. The molecule has 0 saturated heterocycles. The first-order valence-corrected chi connectivity index (χ1v) is 11.7. The maximum absolute atomic E-state index is 13.8. The summed E-state index contributed by atoms with van der Waals surface area (Å²) in [5.41, 5.74) is 1.36. The van der Waals surface area contributed by atoms with Crippen molar-refractivity contribution in [3.8, 4) is 5.75 Å². The number of fused-ring (bicyclic) bond motifs is 1. The standard InChI is InChI=1S/C27H30ClNO2/c1-3-19(2)31-25-16-15-24(22-9-5-6-10-23(22)25)29-26(30)27(17-7-4-8-18-27)20-11-13-21(28)14-12-20/h5-6,9-16,19H,3-4,7-8,17-18H2,1-2H3,(H,29,30)/t19-/m0/s1. The summed E-state index contributed by atoms with van der Waals surface area (Å²) in [6.45, 7) is 4.19. The number of nitrogens with one attached hydrogen (secondary N) is 1. The number of hydrogen-bond donors (Lipinski definition) is 1. The van der Waals surface area contributed by atoms with Gasteiger partial charge < -0.3 is 10.1 Å². The van der Waals surface area contributed by atoms with Gasteiger partial charge in [-0.15, -0.1) is 0 Å². The Balaban J connectivity index is 1.69. The molecule has 31 heavy (non-hydrogen) atoms. The van der Waals surface area contributed by atoms with E-state index in [9.17, 15) is 4.79 Å². The number of carbonyl (C=O) groups is 1. The number of hydrogen-bond acceptors (Lipinski definition) is 2. The molecule has 162 valence electrons. The molecule has 0 aliphatic heterocycles. The Bertz CT molecular complexity index is 1050. The normalized spacial score (nSPS) is 16.6. The van der Waals surface area contributed by atoms with Gasteiger partial charge in [-0.05, 0) is 56.0 Å². The van der Waals surface area contributed by atoms with Gasteiger partial charge in [-0.25, -0.2) is 0 Å². The number of amides is 1. The molecule has 3 aromatic carbocycles. The highest BCUT2D eigenvalue weighted by Gasteiger charge is 2.41. The molecular formula is C27H30ClNO2. The molecule has 0 heterocycles. The van der Waals surface area contributed by atoms with Crippen LogP contribution in [0.4, 0.5) is 5.69 Å². The monoisotopic (exact) mass is 435 g/mol. The van der Waals surface area contributed by atoms with Crippen molar-refractivity contribution in [1.82, 2.24) is 0 Å². The first-order chi connectivity index (χ1) is 15.0. The van der Waals surface area contributed by atoms with Crippen LogP contribution in [-0.4, -0.2) is 12.0 Å². The van der Waals surface area contributed by atoms with Crippen LogP contribution in [0.3, 0.4) is 0 Å². The van der Waals surface area contributed by atoms with Crippen LogP contribution in [0.2, 0.25) is 5.02 Å². The molecule has 0 aromatic heterocycles. The Kier molecular flexibility index (Phi) is 6.52. The van der Waals surface area contributed by atoms with Crippen LogP contribution in [0, 0.1) is 0 Å². The van der Waals surface area contributed by atoms with Gasteiger partial charge in [0.25, 0.3) is 0 Å². The van der Waals surface area contributed by atoms with Crippen molar-refractivity contribution < 1.29 is 9.53 Å². The molecule has 0 bridgehead atoms. The summed E-state index contributed by atoms with van der Waals surface area (Å²) in [5, 5.41) is 5.99. The predicted molar refractivity (Wildman–Crippen MR) is 129 cm³/mol. The lowest BCUT2D eigenvalue weighted by Gasteiger charge is -2.36. The fourth-order valence-electron chi connectivity index (χ4n) is 4.60. The summed E-state index contributed by atoms with van der Waals surface area (Å²) in [6, 6.07) is 19.8. The minimum absolute atomic E-state index is 0.0651. The van der Waals surface area contributed by atoms with Crippen molar-refractivity contribution >= 4 is 34.0 Å². The predicted octanol–water partition coefficient (Wildman–Crippen LogP) is 7.51. The Morgan fingerprint density at radius 1 is 1.00 bits per heavy atom. The van der Waals surface area contributed by atoms with Gasteiger partial charge in [-0.3, -0.25) is 4.79 Å². The second-order valence-electron chi connectivity index (χ2n) is 8.60. The van der Waals surface area contributed by atoms with E-state index in [0.29, 0.717) is 5.02 Å². The Hall–Kier alpha value is -2.52. The second kappa shape index (κ2) is 9.32. The Morgan fingerprint density at radius 2 is 1.68 bits per heavy atom. The van der Waals surface area contributed by atoms with Gasteiger partial charge in [0, 0.05) is 21.5 Å². The van der Waals surface area contributed by atoms with Gasteiger partial charge in [0.05, 0.1) is 11.5 Å². The second-order valence-corrected chi connectivity index (χ2v) is 9.03. The molecule has 4 rings (SSSR count). The number of benzene rings is 3. The van der Waals surface area contributed by atoms with E-state index in [4.69, 9.17) is 16.3 Å². The van der Waals surface area contributed by atoms with E-state index in [0.717, 1.165) is 59.9 Å². The zero-order valence-corrected chi connectivity index (χ0v) is 19.0. The molecule has 0 radical (unpaired) electrons. The van der Waals surface area contributed by atoms with E-state index >= 15 is 0 Å². The van der Waals surface area contributed by atoms with Gasteiger partial charge in [-0.1, -0.05) is 74.2 Å². The van der Waals surface area contributed by atoms with Crippen molar-refractivity contribution in [2.45, 2.75) is 63.9 Å². The fraction of sp³-hybridized carbons (Fsp3) is 0.370. The van der Waals surface area contributed by atoms with Crippen molar-refractivity contribution in [1.29, 1.82) is 0 Å². The highest BCUT2D eigenvalue weighted by atomic mass is 35.5. The van der Waals surface area contributed by atoms with Gasteiger partial charge in [0.2, 0.25) is 5.91 Å². The van der Waals surface area contributed by atoms with E-state index in [1.807, 2.05) is 54.6 Å². The SMILES string of the molecule is CC[C@H](C)Oc1ccc(NC(=O)C2(c3ccc(Cl)cc3)CCCCC2)c2ccccc12. The lowest BCUT2D eigenvalue weighted by molar-refractivity contribution is -0.122. The van der Waals surface area contributed by atoms with E-state index < -0.39 is 5.41 Å². The van der Waals surface area contributed by atoms with Crippen LogP contribution in [0.5, 0.6) is 5.75 Å². The molecule has 1 amide bonds. The largest absolute Gasteiger partial charge is 0.490 e. The zero-order valence-electron chi connectivity index (χ0n) is 18.3. The van der Waals surface area contributed by atoms with E-state index in [1.165, 1.54) is 6.42 Å². The highest BCUT2D eigenvalue weighted by molar-refractivity contribution is 6.30. The average Bonchev–Trinajstić information content (AvgIpc) is 2.81. The quantitative estimate of drug-likeness (QED) is 0.435. The number of carbonyl (C=O) groups excluding carboxylic acids is 1. The molecule has 1 aliphatic rings. The van der Waals surface area contributed by atoms with Crippen molar-refractivity contribution in [3.05, 3.63) is 71.2 Å². The van der Waals surface area contributed by atoms with Gasteiger partial charge in [0.15, 0.2) is 0 Å². The number of ether oxygens (including phenoxy) is 1. The van der Waals surface area contributed by atoms with Gasteiger partial charge in [0.1, 0.15) is 5.75 Å². The maximum atomic E-state index is 13.8. The van der Waals surface area contributed by atoms with Crippen LogP contribution >= 0.6 is 11.6 Å². The van der Waals surface area contributed by atoms with Crippen molar-refractivity contribution in [2.24, 2.45) is 0 Å². The average molecular weight is 436 g/mol. The highest BCUT2D eigenvalue weighted by Crippen LogP contribution is 2.42. The first kappa shape index (κ1) is 21.7. The van der Waals surface area contributed by atoms with Gasteiger partial charge >= 0.3 is 0 Å². The third-order valence-corrected chi connectivity index (χ3v) is 6.83. The van der Waals surface area contributed by atoms with Crippen LogP contribution in [0.15, 0.2) is 60.7 Å². The maximum Gasteiger partial charge on any atom is 0.235 e. The minimum Gasteiger partial charge on any atom is -0.490 e. The van der Waals surface area contributed by atoms with E-state index in [-0.39, 0.29) is 12.0 Å². The Labute approximate surface area is 189 Å². The van der Waals surface area contributed by atoms with Crippen LogP contribution < -0.4 is 10.1 Å². The molecule has 3 nitrogen and oxygen atoms in total. The molecule has 3 aromatic rings. The van der Waals surface area contributed by atoms with E-state index in [1.54, 1.807) is 0 Å². The molecule has 0 spiro atoms. The third-order valence-electron chi connectivity index (χ3n) is 6.57. The molecule has 1 N–H and O–H groups in total. The molecule has 4 heteroatoms. The van der Waals surface area contributed by atoms with Crippen molar-refractivity contribution in [2.75, 3.05) is 5.32 Å². The van der Waals surface area contributed by atoms with Gasteiger partial charge in [-0.2, -0.15) is 0 Å².